The average Bonchev–Trinajstić information content (AvgIpc) is 2.90. The van der Waals surface area contributed by atoms with E-state index in [-0.39, 0.29) is 11.6 Å². The molecule has 1 N–H and O–H groups in total. The summed E-state index contributed by atoms with van der Waals surface area (Å²) in [5, 5.41) is 7.25. The van der Waals surface area contributed by atoms with Crippen LogP contribution in [-0.4, -0.2) is 26.5 Å². The van der Waals surface area contributed by atoms with Gasteiger partial charge in [-0.25, -0.2) is 9.67 Å². The summed E-state index contributed by atoms with van der Waals surface area (Å²) >= 11 is 0. The Hall–Kier alpha value is -2.50. The molecule has 0 bridgehead atoms. The maximum atomic E-state index is 11.9. The number of nitrogens with zero attached hydrogens (tertiary/aromatic N) is 4. The Morgan fingerprint density at radius 3 is 2.62 bits per heavy atom. The first-order chi connectivity index (χ1) is 7.84. The van der Waals surface area contributed by atoms with Crippen molar-refractivity contribution in [3.63, 3.8) is 0 Å². The Bertz CT molecular complexity index is 573. The van der Waals surface area contributed by atoms with E-state index >= 15 is 0 Å². The Kier molecular flexibility index (Phi) is 1.79. The van der Waals surface area contributed by atoms with E-state index in [1.165, 1.54) is 17.3 Å². The molecule has 1 aliphatic rings. The van der Waals surface area contributed by atoms with Gasteiger partial charge in [0.1, 0.15) is 12.7 Å². The van der Waals surface area contributed by atoms with Gasteiger partial charge in [0.25, 0.3) is 0 Å². The third kappa shape index (κ3) is 1.28. The van der Waals surface area contributed by atoms with Crippen molar-refractivity contribution >= 4 is 17.3 Å². The van der Waals surface area contributed by atoms with Gasteiger partial charge in [-0.3, -0.25) is 10.2 Å². The molecule has 0 radical (unpaired) electrons. The lowest BCUT2D eigenvalue weighted by molar-refractivity contribution is 0.106. The van der Waals surface area contributed by atoms with E-state index < -0.39 is 0 Å². The van der Waals surface area contributed by atoms with E-state index in [9.17, 15) is 4.79 Å². The number of amidine groups is 1. The van der Waals surface area contributed by atoms with Gasteiger partial charge in [-0.1, -0.05) is 12.1 Å². The van der Waals surface area contributed by atoms with Crippen LogP contribution in [0.3, 0.4) is 0 Å². The first-order valence-corrected chi connectivity index (χ1v) is 4.69. The molecule has 1 aromatic carbocycles. The molecule has 2 heterocycles. The lowest BCUT2D eigenvalue weighted by Crippen LogP contribution is -2.26. The van der Waals surface area contributed by atoms with Gasteiger partial charge in [0, 0.05) is 0 Å². The number of benzene rings is 1. The molecule has 1 aliphatic heterocycles. The molecule has 0 unspecified atom stereocenters. The Labute approximate surface area is 90.6 Å². The van der Waals surface area contributed by atoms with Gasteiger partial charge >= 0.3 is 0 Å². The average molecular weight is 213 g/mol. The van der Waals surface area contributed by atoms with Crippen molar-refractivity contribution in [2.45, 2.75) is 0 Å². The van der Waals surface area contributed by atoms with Crippen molar-refractivity contribution < 1.29 is 4.79 Å². The number of aliphatic imine (C=N–C) groups is 1. The number of hydrogen-bond acceptors (Lipinski definition) is 5. The van der Waals surface area contributed by atoms with E-state index in [2.05, 4.69) is 20.6 Å². The molecule has 0 amide bonds. The molecule has 1 aromatic heterocycles. The second kappa shape index (κ2) is 3.27. The smallest absolute Gasteiger partial charge is 0.231 e. The lowest BCUT2D eigenvalue weighted by atomic mass is 10.1. The van der Waals surface area contributed by atoms with Crippen LogP contribution in [0.2, 0.25) is 0 Å². The number of carbonyl (C=O) groups excluding carboxylic acids is 1. The van der Waals surface area contributed by atoms with Crippen LogP contribution in [-0.2, 0) is 0 Å². The monoisotopic (exact) mass is 213 g/mol. The maximum absolute atomic E-state index is 11.9. The highest BCUT2D eigenvalue weighted by Crippen LogP contribution is 2.25. The van der Waals surface area contributed by atoms with Gasteiger partial charge in [-0.15, -0.1) is 10.2 Å². The summed E-state index contributed by atoms with van der Waals surface area (Å²) in [4.78, 5) is 16.1. The van der Waals surface area contributed by atoms with E-state index in [1.807, 2.05) is 12.1 Å². The maximum Gasteiger partial charge on any atom is 0.231 e. The molecule has 0 spiro atoms. The minimum absolute atomic E-state index is 0.121. The van der Waals surface area contributed by atoms with Crippen molar-refractivity contribution in [2.75, 3.05) is 5.43 Å². The number of nitrogens with one attached hydrogen (secondary N) is 1. The normalized spacial score (nSPS) is 13.5. The molecule has 3 rings (SSSR count). The predicted molar refractivity (Wildman–Crippen MR) is 57.3 cm³/mol. The molecule has 0 saturated heterocycles. The molecule has 6 nitrogen and oxygen atoms in total. The van der Waals surface area contributed by atoms with Crippen molar-refractivity contribution in [1.29, 1.82) is 0 Å². The molecule has 0 saturated carbocycles. The largest absolute Gasteiger partial charge is 0.285 e. The Balaban J connectivity index is 1.93. The SMILES string of the molecule is O=C1C(Nn2cnnc2)=Nc2ccccc21. The second-order valence-electron chi connectivity index (χ2n) is 3.29. The number of hydrogen-bond donors (Lipinski definition) is 1. The third-order valence-electron chi connectivity index (χ3n) is 2.25. The second-order valence-corrected chi connectivity index (χ2v) is 3.29. The zero-order valence-electron chi connectivity index (χ0n) is 8.16. The number of para-hydroxylation sites is 1. The van der Waals surface area contributed by atoms with Crippen molar-refractivity contribution in [2.24, 2.45) is 4.99 Å². The van der Waals surface area contributed by atoms with Gasteiger partial charge in [-0.05, 0) is 12.1 Å². The first kappa shape index (κ1) is 8.78. The zero-order chi connectivity index (χ0) is 11.0. The summed E-state index contributed by atoms with van der Waals surface area (Å²) < 4.78 is 1.47. The number of Topliss-reactive ketones (excluding diaryl/α,β-unsaturated/α-hetero) is 1. The summed E-state index contributed by atoms with van der Waals surface area (Å²) in [7, 11) is 0. The molecule has 6 heteroatoms. The predicted octanol–water partition coefficient (Wildman–Crippen LogP) is 0.748. The van der Waals surface area contributed by atoms with Crippen molar-refractivity contribution in [3.8, 4) is 0 Å². The summed E-state index contributed by atoms with van der Waals surface area (Å²) in [5.41, 5.74) is 4.10. The molecule has 0 atom stereocenters. The quantitative estimate of drug-likeness (QED) is 0.758. The fourth-order valence-electron chi connectivity index (χ4n) is 1.52. The minimum atomic E-state index is -0.121. The molecule has 16 heavy (non-hydrogen) atoms. The minimum Gasteiger partial charge on any atom is -0.285 e. The highest BCUT2D eigenvalue weighted by atomic mass is 16.1. The van der Waals surface area contributed by atoms with Crippen LogP contribution in [0.15, 0.2) is 41.9 Å². The zero-order valence-corrected chi connectivity index (χ0v) is 8.16. The summed E-state index contributed by atoms with van der Waals surface area (Å²) in [6.07, 6.45) is 2.91. The Morgan fingerprint density at radius 2 is 1.88 bits per heavy atom. The fourth-order valence-corrected chi connectivity index (χ4v) is 1.52. The standard InChI is InChI=1S/C10H7N5O/c16-9-7-3-1-2-4-8(7)13-10(9)14-15-5-11-12-6-15/h1-6H,(H,13,14,16). The molecular formula is C10H7N5O. The number of aromatic nitrogens is 3. The van der Waals surface area contributed by atoms with Crippen LogP contribution >= 0.6 is 0 Å². The van der Waals surface area contributed by atoms with Crippen LogP contribution in [0.1, 0.15) is 10.4 Å². The molecular weight excluding hydrogens is 206 g/mol. The first-order valence-electron chi connectivity index (χ1n) is 4.69. The summed E-state index contributed by atoms with van der Waals surface area (Å²) in [6.45, 7) is 0. The van der Waals surface area contributed by atoms with E-state index in [0.717, 1.165) is 0 Å². The third-order valence-corrected chi connectivity index (χ3v) is 2.25. The van der Waals surface area contributed by atoms with Gasteiger partial charge in [0.2, 0.25) is 5.78 Å². The lowest BCUT2D eigenvalue weighted by Gasteiger charge is -2.02. The highest BCUT2D eigenvalue weighted by molar-refractivity contribution is 6.51. The number of rotatable bonds is 1. The van der Waals surface area contributed by atoms with Gasteiger partial charge in [-0.2, -0.15) is 0 Å². The Morgan fingerprint density at radius 1 is 1.12 bits per heavy atom. The number of ketones is 1. The highest BCUT2D eigenvalue weighted by Gasteiger charge is 2.24. The van der Waals surface area contributed by atoms with Gasteiger partial charge < -0.3 is 0 Å². The molecule has 78 valence electrons. The van der Waals surface area contributed by atoms with Crippen LogP contribution < -0.4 is 5.43 Å². The number of carbonyl (C=O) groups is 1. The van der Waals surface area contributed by atoms with Gasteiger partial charge in [0.15, 0.2) is 5.84 Å². The fraction of sp³-hybridized carbons (Fsp3) is 0. The van der Waals surface area contributed by atoms with Crippen LogP contribution in [0.25, 0.3) is 0 Å². The summed E-state index contributed by atoms with van der Waals surface area (Å²) in [5.74, 6) is 0.158. The molecule has 0 aliphatic carbocycles. The van der Waals surface area contributed by atoms with Crippen LogP contribution in [0.4, 0.5) is 5.69 Å². The molecule has 0 fully saturated rings. The molecule has 2 aromatic rings. The number of fused-ring (bicyclic) bond motifs is 1. The van der Waals surface area contributed by atoms with Crippen LogP contribution in [0.5, 0.6) is 0 Å². The van der Waals surface area contributed by atoms with E-state index in [0.29, 0.717) is 11.3 Å². The van der Waals surface area contributed by atoms with Gasteiger partial charge in [0.05, 0.1) is 11.3 Å². The van der Waals surface area contributed by atoms with Crippen LogP contribution in [0, 0.1) is 0 Å². The topological polar surface area (TPSA) is 72.2 Å². The van der Waals surface area contributed by atoms with Crippen molar-refractivity contribution in [1.82, 2.24) is 14.9 Å². The van der Waals surface area contributed by atoms with E-state index in [4.69, 9.17) is 0 Å². The van der Waals surface area contributed by atoms with Crippen molar-refractivity contribution in [3.05, 3.63) is 42.5 Å². The summed E-state index contributed by atoms with van der Waals surface area (Å²) in [6, 6.07) is 7.21. The van der Waals surface area contributed by atoms with E-state index in [1.54, 1.807) is 12.1 Å².